The largest absolute Gasteiger partial charge is 0.408 e. The molecule has 0 aliphatic rings. The quantitative estimate of drug-likeness (QED) is 0.837. The Balaban J connectivity index is 3.18. The van der Waals surface area contributed by atoms with Crippen LogP contribution in [0.2, 0.25) is 0 Å². The van der Waals surface area contributed by atoms with Crippen molar-refractivity contribution in [1.29, 1.82) is 0 Å². The van der Waals surface area contributed by atoms with E-state index < -0.39 is 28.0 Å². The summed E-state index contributed by atoms with van der Waals surface area (Å²) >= 11 is 3.22. The van der Waals surface area contributed by atoms with Gasteiger partial charge in [-0.15, -0.1) is 0 Å². The fourth-order valence-electron chi connectivity index (χ4n) is 1.55. The molecule has 0 fully saturated rings. The van der Waals surface area contributed by atoms with E-state index in [4.69, 9.17) is 0 Å². The Hall–Kier alpha value is -0.400. The summed E-state index contributed by atoms with van der Waals surface area (Å²) in [5.41, 5.74) is 0.568. The molecule has 114 valence electrons. The first kappa shape index (κ1) is 17.7. The van der Waals surface area contributed by atoms with Crippen molar-refractivity contribution in [3.05, 3.63) is 33.8 Å². The highest BCUT2D eigenvalue weighted by Crippen LogP contribution is 2.36. The maximum atomic E-state index is 13.2. The molecule has 0 radical (unpaired) electrons. The maximum absolute atomic E-state index is 13.2. The van der Waals surface area contributed by atoms with Crippen LogP contribution in [0.25, 0.3) is 0 Å². The molecule has 7 heteroatoms. The number of rotatable bonds is 3. The van der Waals surface area contributed by atoms with Crippen molar-refractivity contribution < 1.29 is 17.4 Å². The molecule has 0 unspecified atom stereocenters. The van der Waals surface area contributed by atoms with Crippen molar-refractivity contribution in [2.24, 2.45) is 0 Å². The zero-order valence-corrected chi connectivity index (χ0v) is 14.0. The van der Waals surface area contributed by atoms with E-state index in [0.717, 1.165) is 0 Å². The Morgan fingerprint density at radius 1 is 1.25 bits per heavy atom. The van der Waals surface area contributed by atoms with E-state index in [9.17, 15) is 17.4 Å². The number of benzene rings is 1. The van der Waals surface area contributed by atoms with E-state index in [2.05, 4.69) is 20.7 Å². The molecule has 0 aromatic heterocycles. The van der Waals surface area contributed by atoms with E-state index in [-0.39, 0.29) is 5.56 Å². The first-order valence-electron chi connectivity index (χ1n) is 5.93. The summed E-state index contributed by atoms with van der Waals surface area (Å²) in [4.78, 5) is 0. The van der Waals surface area contributed by atoms with Crippen LogP contribution in [0.15, 0.2) is 22.7 Å². The highest BCUT2D eigenvalue weighted by molar-refractivity contribution is 9.10. The lowest BCUT2D eigenvalue weighted by Gasteiger charge is -2.27. The topological polar surface area (TPSA) is 29.1 Å². The van der Waals surface area contributed by atoms with Crippen LogP contribution in [-0.2, 0) is 11.0 Å². The smallest absolute Gasteiger partial charge is 0.242 e. The van der Waals surface area contributed by atoms with Crippen LogP contribution in [0.1, 0.15) is 37.9 Å². The van der Waals surface area contributed by atoms with Gasteiger partial charge in [0.1, 0.15) is 6.04 Å². The van der Waals surface area contributed by atoms with Crippen LogP contribution in [-0.4, -0.2) is 15.1 Å². The van der Waals surface area contributed by atoms with Gasteiger partial charge in [0, 0.05) is 4.47 Å². The second-order valence-electron chi connectivity index (χ2n) is 5.47. The third kappa shape index (κ3) is 4.56. The molecule has 0 bridgehead atoms. The molecular formula is C13H17BrF3NOS. The molecule has 1 N–H and O–H groups in total. The Morgan fingerprint density at radius 2 is 1.80 bits per heavy atom. The van der Waals surface area contributed by atoms with Crippen molar-refractivity contribution in [2.75, 3.05) is 0 Å². The van der Waals surface area contributed by atoms with Crippen LogP contribution < -0.4 is 4.72 Å². The molecule has 0 heterocycles. The Bertz CT molecular complexity index is 511. The van der Waals surface area contributed by atoms with Gasteiger partial charge in [0.15, 0.2) is 0 Å². The van der Waals surface area contributed by atoms with Gasteiger partial charge in [0.2, 0.25) is 0 Å². The number of halogens is 4. The second-order valence-corrected chi connectivity index (χ2v) is 8.39. The predicted octanol–water partition coefficient (Wildman–Crippen LogP) is 4.41. The zero-order valence-electron chi connectivity index (χ0n) is 11.6. The lowest BCUT2D eigenvalue weighted by molar-refractivity contribution is -0.153. The molecule has 0 saturated carbocycles. The van der Waals surface area contributed by atoms with E-state index in [1.54, 1.807) is 39.8 Å². The number of hydrogen-bond acceptors (Lipinski definition) is 1. The van der Waals surface area contributed by atoms with Gasteiger partial charge in [-0.3, -0.25) is 0 Å². The van der Waals surface area contributed by atoms with Crippen LogP contribution in [0.4, 0.5) is 13.2 Å². The molecule has 0 aliphatic heterocycles. The summed E-state index contributed by atoms with van der Waals surface area (Å²) in [6.07, 6.45) is -4.51. The fourth-order valence-corrected chi connectivity index (χ4v) is 2.86. The van der Waals surface area contributed by atoms with E-state index in [1.807, 2.05) is 0 Å². The first-order valence-corrected chi connectivity index (χ1v) is 7.88. The minimum atomic E-state index is -4.51. The van der Waals surface area contributed by atoms with Crippen molar-refractivity contribution in [3.63, 3.8) is 0 Å². The molecule has 0 aliphatic carbocycles. The van der Waals surface area contributed by atoms with Gasteiger partial charge in [-0.1, -0.05) is 22.0 Å². The monoisotopic (exact) mass is 371 g/mol. The molecule has 1 rings (SSSR count). The van der Waals surface area contributed by atoms with Gasteiger partial charge < -0.3 is 0 Å². The molecule has 1 aromatic rings. The molecule has 2 nitrogen and oxygen atoms in total. The van der Waals surface area contributed by atoms with Crippen LogP contribution in [0.3, 0.4) is 0 Å². The average Bonchev–Trinajstić information content (AvgIpc) is 2.23. The molecular weight excluding hydrogens is 355 g/mol. The third-order valence-corrected chi connectivity index (χ3v) is 4.71. The lowest BCUT2D eigenvalue weighted by Crippen LogP contribution is -2.41. The van der Waals surface area contributed by atoms with E-state index in [0.29, 0.717) is 10.0 Å². The summed E-state index contributed by atoms with van der Waals surface area (Å²) in [7, 11) is -1.81. The highest BCUT2D eigenvalue weighted by atomic mass is 79.9. The fraction of sp³-hybridized carbons (Fsp3) is 0.538. The van der Waals surface area contributed by atoms with Gasteiger partial charge in [0.25, 0.3) is 0 Å². The van der Waals surface area contributed by atoms with Gasteiger partial charge in [-0.2, -0.15) is 13.2 Å². The summed E-state index contributed by atoms with van der Waals surface area (Å²) in [6, 6.07) is 2.60. The summed E-state index contributed by atoms with van der Waals surface area (Å²) in [5.74, 6) is 0. The normalized spacial score (nSPS) is 16.0. The van der Waals surface area contributed by atoms with Gasteiger partial charge in [0.05, 0.1) is 15.7 Å². The predicted molar refractivity (Wildman–Crippen MR) is 78.7 cm³/mol. The van der Waals surface area contributed by atoms with Gasteiger partial charge >= 0.3 is 6.18 Å². The molecule has 0 amide bonds. The van der Waals surface area contributed by atoms with Crippen molar-refractivity contribution >= 4 is 26.9 Å². The summed E-state index contributed by atoms with van der Waals surface area (Å²) in [5, 5.41) is 0. The van der Waals surface area contributed by atoms with Crippen LogP contribution in [0.5, 0.6) is 0 Å². The Kier molecular flexibility index (Phi) is 5.43. The SMILES string of the molecule is Cc1cc(Br)ccc1[C@H](N[S@](=O)C(C)(C)C)C(F)(F)F. The average molecular weight is 372 g/mol. The molecule has 2 atom stereocenters. The van der Waals surface area contributed by atoms with Crippen molar-refractivity contribution in [3.8, 4) is 0 Å². The van der Waals surface area contributed by atoms with Crippen molar-refractivity contribution in [2.45, 2.75) is 44.7 Å². The number of alkyl halides is 3. The van der Waals surface area contributed by atoms with Crippen molar-refractivity contribution in [1.82, 2.24) is 4.72 Å². The number of hydrogen-bond donors (Lipinski definition) is 1. The van der Waals surface area contributed by atoms with Gasteiger partial charge in [-0.25, -0.2) is 8.93 Å². The summed E-state index contributed by atoms with van der Waals surface area (Å²) < 4.78 is 53.8. The Labute approximate surface area is 127 Å². The minimum absolute atomic E-state index is 0.0818. The van der Waals surface area contributed by atoms with E-state index in [1.165, 1.54) is 6.07 Å². The van der Waals surface area contributed by atoms with Crippen LogP contribution in [0, 0.1) is 6.92 Å². The molecule has 1 aromatic carbocycles. The molecule has 0 spiro atoms. The third-order valence-electron chi connectivity index (χ3n) is 2.65. The number of nitrogens with one attached hydrogen (secondary N) is 1. The Morgan fingerprint density at radius 3 is 2.20 bits per heavy atom. The summed E-state index contributed by atoms with van der Waals surface area (Å²) in [6.45, 7) is 6.47. The standard InChI is InChI=1S/C13H17BrF3NOS/c1-8-7-9(14)5-6-10(8)11(13(15,16)17)18-20(19)12(2,3)4/h5-7,11,18H,1-4H3/t11-,20+/m0/s1. The lowest BCUT2D eigenvalue weighted by atomic mass is 10.0. The number of aryl methyl sites for hydroxylation is 1. The first-order chi connectivity index (χ1) is 8.93. The minimum Gasteiger partial charge on any atom is -0.242 e. The van der Waals surface area contributed by atoms with Gasteiger partial charge in [-0.05, 0) is 51.0 Å². The maximum Gasteiger partial charge on any atom is 0.408 e. The molecule has 20 heavy (non-hydrogen) atoms. The molecule has 0 saturated heterocycles. The van der Waals surface area contributed by atoms with E-state index >= 15 is 0 Å². The highest BCUT2D eigenvalue weighted by Gasteiger charge is 2.43. The second kappa shape index (κ2) is 6.15. The zero-order chi connectivity index (χ0) is 15.7. The van der Waals surface area contributed by atoms with Crippen LogP contribution >= 0.6 is 15.9 Å².